The summed E-state index contributed by atoms with van der Waals surface area (Å²) in [4.78, 5) is 13.8. The molecule has 17 heavy (non-hydrogen) atoms. The predicted octanol–water partition coefficient (Wildman–Crippen LogP) is 2.44. The molecule has 1 amide bonds. The minimum atomic E-state index is -0.661. The van der Waals surface area contributed by atoms with Crippen molar-refractivity contribution in [2.45, 2.75) is 25.4 Å². The van der Waals surface area contributed by atoms with Gasteiger partial charge in [0.2, 0.25) is 0 Å². The maximum Gasteiger partial charge on any atom is 0.255 e. The second-order valence-electron chi connectivity index (χ2n) is 4.62. The van der Waals surface area contributed by atoms with Crippen molar-refractivity contribution in [3.8, 4) is 0 Å². The van der Waals surface area contributed by atoms with E-state index in [-0.39, 0.29) is 5.91 Å². The molecule has 1 aliphatic heterocycles. The van der Waals surface area contributed by atoms with Crippen molar-refractivity contribution >= 4 is 21.8 Å². The first-order valence-electron chi connectivity index (χ1n) is 5.82. The number of aliphatic hydroxyl groups is 1. The van der Waals surface area contributed by atoms with E-state index in [1.54, 1.807) is 11.0 Å². The van der Waals surface area contributed by atoms with Crippen LogP contribution in [-0.4, -0.2) is 34.6 Å². The van der Waals surface area contributed by atoms with Crippen molar-refractivity contribution in [3.05, 3.63) is 34.3 Å². The average Bonchev–Trinajstić information content (AvgIpc) is 2.26. The van der Waals surface area contributed by atoms with Gasteiger partial charge in [-0.3, -0.25) is 4.79 Å². The Morgan fingerprint density at radius 1 is 1.47 bits per heavy atom. The summed E-state index contributed by atoms with van der Waals surface area (Å²) in [5.41, 5.74) is -0.00267. The summed E-state index contributed by atoms with van der Waals surface area (Å²) in [6.45, 7) is 2.93. The molecule has 0 spiro atoms. The van der Waals surface area contributed by atoms with Crippen molar-refractivity contribution in [2.75, 3.05) is 13.1 Å². The topological polar surface area (TPSA) is 40.5 Å². The molecule has 4 heteroatoms. The molecule has 1 saturated heterocycles. The summed E-state index contributed by atoms with van der Waals surface area (Å²) < 4.78 is 0.802. The summed E-state index contributed by atoms with van der Waals surface area (Å²) in [7, 11) is 0. The number of halogens is 1. The summed E-state index contributed by atoms with van der Waals surface area (Å²) >= 11 is 3.37. The fourth-order valence-corrected chi connectivity index (χ4v) is 2.69. The third-order valence-corrected chi connectivity index (χ3v) is 3.77. The van der Waals surface area contributed by atoms with Crippen LogP contribution in [0.25, 0.3) is 0 Å². The maximum atomic E-state index is 12.1. The first-order valence-corrected chi connectivity index (χ1v) is 6.61. The van der Waals surface area contributed by atoms with Crippen LogP contribution in [0.5, 0.6) is 0 Å². The molecule has 1 aromatic carbocycles. The van der Waals surface area contributed by atoms with Crippen molar-refractivity contribution < 1.29 is 9.90 Å². The zero-order valence-corrected chi connectivity index (χ0v) is 11.4. The molecule has 92 valence electrons. The number of benzene rings is 1. The number of rotatable bonds is 3. The lowest BCUT2D eigenvalue weighted by Gasteiger charge is -2.46. The standard InChI is InChI=1S/C13H16BrNO2/c1-2-7-13(17)8-15(9-13)12(16)10-5-3-4-6-11(10)14/h3-6,17H,2,7-9H2,1H3. The van der Waals surface area contributed by atoms with Crippen molar-refractivity contribution in [3.63, 3.8) is 0 Å². The van der Waals surface area contributed by atoms with Gasteiger partial charge in [0, 0.05) is 4.47 Å². The van der Waals surface area contributed by atoms with E-state index in [9.17, 15) is 9.90 Å². The fraction of sp³-hybridized carbons (Fsp3) is 0.462. The molecule has 0 aromatic heterocycles. The molecule has 0 saturated carbocycles. The lowest BCUT2D eigenvalue weighted by atomic mass is 9.89. The van der Waals surface area contributed by atoms with Crippen molar-refractivity contribution in [1.82, 2.24) is 4.90 Å². The minimum absolute atomic E-state index is 0.0155. The Labute approximate surface area is 110 Å². The Morgan fingerprint density at radius 3 is 2.71 bits per heavy atom. The lowest BCUT2D eigenvalue weighted by Crippen LogP contribution is -2.63. The van der Waals surface area contributed by atoms with Gasteiger partial charge in [0.1, 0.15) is 0 Å². The van der Waals surface area contributed by atoms with Gasteiger partial charge < -0.3 is 10.0 Å². The Hall–Kier alpha value is -0.870. The first-order chi connectivity index (χ1) is 8.06. The lowest BCUT2D eigenvalue weighted by molar-refractivity contribution is -0.0860. The number of hydrogen-bond donors (Lipinski definition) is 1. The van der Waals surface area contributed by atoms with Gasteiger partial charge in [0.15, 0.2) is 0 Å². The normalized spacial score (nSPS) is 17.7. The van der Waals surface area contributed by atoms with E-state index >= 15 is 0 Å². The van der Waals surface area contributed by atoms with E-state index in [0.29, 0.717) is 18.7 Å². The van der Waals surface area contributed by atoms with Crippen molar-refractivity contribution in [2.24, 2.45) is 0 Å². The average molecular weight is 298 g/mol. The highest BCUT2D eigenvalue weighted by molar-refractivity contribution is 9.10. The van der Waals surface area contributed by atoms with Gasteiger partial charge in [-0.05, 0) is 34.5 Å². The van der Waals surface area contributed by atoms with Crippen LogP contribution in [0.2, 0.25) is 0 Å². The SMILES string of the molecule is CCCC1(O)CN(C(=O)c2ccccc2Br)C1. The smallest absolute Gasteiger partial charge is 0.255 e. The minimum Gasteiger partial charge on any atom is -0.386 e. The molecule has 0 atom stereocenters. The number of carbonyl (C=O) groups excluding carboxylic acids is 1. The van der Waals surface area contributed by atoms with Gasteiger partial charge in [-0.15, -0.1) is 0 Å². The number of nitrogens with zero attached hydrogens (tertiary/aromatic N) is 1. The molecule has 0 bridgehead atoms. The Bertz CT molecular complexity index is 427. The zero-order valence-electron chi connectivity index (χ0n) is 9.82. The third-order valence-electron chi connectivity index (χ3n) is 3.08. The van der Waals surface area contributed by atoms with Gasteiger partial charge in [0.25, 0.3) is 5.91 Å². The first kappa shape index (κ1) is 12.6. The van der Waals surface area contributed by atoms with Crippen LogP contribution in [0.1, 0.15) is 30.1 Å². The van der Waals surface area contributed by atoms with Gasteiger partial charge in [0.05, 0.1) is 24.3 Å². The van der Waals surface area contributed by atoms with E-state index in [1.807, 2.05) is 25.1 Å². The maximum absolute atomic E-state index is 12.1. The van der Waals surface area contributed by atoms with Crippen LogP contribution in [0.4, 0.5) is 0 Å². The highest BCUT2D eigenvalue weighted by atomic mass is 79.9. The van der Waals surface area contributed by atoms with Gasteiger partial charge in [-0.1, -0.05) is 25.5 Å². The van der Waals surface area contributed by atoms with Crippen LogP contribution in [0, 0.1) is 0 Å². The Kier molecular flexibility index (Phi) is 3.54. The molecule has 2 rings (SSSR count). The third kappa shape index (κ3) is 2.53. The molecule has 3 nitrogen and oxygen atoms in total. The van der Waals surface area contributed by atoms with Gasteiger partial charge in [-0.2, -0.15) is 0 Å². The van der Waals surface area contributed by atoms with E-state index in [4.69, 9.17) is 0 Å². The molecular formula is C13H16BrNO2. The van der Waals surface area contributed by atoms with E-state index in [1.165, 1.54) is 0 Å². The molecule has 1 fully saturated rings. The number of likely N-dealkylation sites (tertiary alicyclic amines) is 1. The van der Waals surface area contributed by atoms with Crippen LogP contribution < -0.4 is 0 Å². The summed E-state index contributed by atoms with van der Waals surface area (Å²) in [6.07, 6.45) is 1.69. The van der Waals surface area contributed by atoms with E-state index in [0.717, 1.165) is 17.3 Å². The summed E-state index contributed by atoms with van der Waals surface area (Å²) in [5, 5.41) is 10.0. The Balaban J connectivity index is 2.03. The molecular weight excluding hydrogens is 282 g/mol. The van der Waals surface area contributed by atoms with E-state index < -0.39 is 5.60 Å². The highest BCUT2D eigenvalue weighted by Crippen LogP contribution is 2.28. The number of hydrogen-bond acceptors (Lipinski definition) is 2. The summed E-state index contributed by atoms with van der Waals surface area (Å²) in [5.74, 6) is -0.0155. The van der Waals surface area contributed by atoms with Crippen LogP contribution in [0.15, 0.2) is 28.7 Å². The van der Waals surface area contributed by atoms with Gasteiger partial charge in [-0.25, -0.2) is 0 Å². The molecule has 1 aromatic rings. The van der Waals surface area contributed by atoms with Crippen LogP contribution in [-0.2, 0) is 0 Å². The molecule has 1 aliphatic rings. The second-order valence-corrected chi connectivity index (χ2v) is 5.47. The van der Waals surface area contributed by atoms with Crippen molar-refractivity contribution in [1.29, 1.82) is 0 Å². The number of carbonyl (C=O) groups is 1. The monoisotopic (exact) mass is 297 g/mol. The largest absolute Gasteiger partial charge is 0.386 e. The number of amides is 1. The molecule has 1 heterocycles. The highest BCUT2D eigenvalue weighted by Gasteiger charge is 2.43. The fourth-order valence-electron chi connectivity index (χ4n) is 2.24. The molecule has 0 unspecified atom stereocenters. The molecule has 1 N–H and O–H groups in total. The van der Waals surface area contributed by atoms with Crippen LogP contribution >= 0.6 is 15.9 Å². The van der Waals surface area contributed by atoms with Gasteiger partial charge >= 0.3 is 0 Å². The molecule has 0 radical (unpaired) electrons. The number of β-amino-alcohol motifs (C(OH)–C–C–N with tert-alkyl or cyclic N) is 1. The zero-order chi connectivity index (χ0) is 12.5. The van der Waals surface area contributed by atoms with E-state index in [2.05, 4.69) is 15.9 Å². The van der Waals surface area contributed by atoms with Crippen LogP contribution in [0.3, 0.4) is 0 Å². The summed E-state index contributed by atoms with van der Waals surface area (Å²) in [6, 6.07) is 7.37. The molecule has 0 aliphatic carbocycles. The Morgan fingerprint density at radius 2 is 2.12 bits per heavy atom. The second kappa shape index (κ2) is 4.78. The predicted molar refractivity (Wildman–Crippen MR) is 69.9 cm³/mol. The quantitative estimate of drug-likeness (QED) is 0.931.